The van der Waals surface area contributed by atoms with Crippen molar-refractivity contribution in [2.24, 2.45) is 0 Å². The minimum absolute atomic E-state index is 0.203. The molecule has 4 aromatic carbocycles. The van der Waals surface area contributed by atoms with Gasteiger partial charge in [-0.3, -0.25) is 0 Å². The molecule has 6 rings (SSSR count). The molecule has 0 fully saturated rings. The zero-order valence-corrected chi connectivity index (χ0v) is 20.5. The van der Waals surface area contributed by atoms with E-state index in [1.165, 1.54) is 61.2 Å². The molecule has 0 atom stereocenters. The molecule has 1 spiro atoms. The zero-order chi connectivity index (χ0) is 23.0. The average molecular weight is 419 g/mol. The standard InChI is InChI=1S/C28H22.2C2H6/c1-17-8-11-25-21(14-17)20-6-4-5-7-24(20)28(25)26-12-9-18(2)15-22(26)23-16-19(3)10-13-27(23)28;2*1-2/h4-16H,1-3H3;2*1-2H3. The van der Waals surface area contributed by atoms with E-state index in [4.69, 9.17) is 0 Å². The highest BCUT2D eigenvalue weighted by atomic mass is 14.5. The smallest absolute Gasteiger partial charge is 0.0683 e. The summed E-state index contributed by atoms with van der Waals surface area (Å²) >= 11 is 0. The van der Waals surface area contributed by atoms with Gasteiger partial charge in [0.05, 0.1) is 5.41 Å². The largest absolute Gasteiger partial charge is 0.0725 e. The Bertz CT molecular complexity index is 1240. The highest BCUT2D eigenvalue weighted by Gasteiger charge is 2.51. The van der Waals surface area contributed by atoms with Crippen LogP contribution in [0.4, 0.5) is 0 Å². The van der Waals surface area contributed by atoms with Crippen LogP contribution >= 0.6 is 0 Å². The first-order valence-corrected chi connectivity index (χ1v) is 12.0. The van der Waals surface area contributed by atoms with Crippen molar-refractivity contribution in [2.45, 2.75) is 53.9 Å². The van der Waals surface area contributed by atoms with Crippen molar-refractivity contribution in [3.8, 4) is 22.3 Å². The second-order valence-corrected chi connectivity index (χ2v) is 8.44. The van der Waals surface area contributed by atoms with Crippen LogP contribution in [-0.4, -0.2) is 0 Å². The minimum Gasteiger partial charge on any atom is -0.0683 e. The topological polar surface area (TPSA) is 0 Å². The summed E-state index contributed by atoms with van der Waals surface area (Å²) < 4.78 is 0. The van der Waals surface area contributed by atoms with Gasteiger partial charge in [0.2, 0.25) is 0 Å². The van der Waals surface area contributed by atoms with Crippen LogP contribution in [-0.2, 0) is 5.41 Å². The van der Waals surface area contributed by atoms with Gasteiger partial charge < -0.3 is 0 Å². The summed E-state index contributed by atoms with van der Waals surface area (Å²) in [5.74, 6) is 0. The van der Waals surface area contributed by atoms with E-state index in [0.717, 1.165) is 0 Å². The highest BCUT2D eigenvalue weighted by molar-refractivity contribution is 5.95. The Kier molecular flexibility index (Phi) is 5.82. The van der Waals surface area contributed by atoms with Crippen molar-refractivity contribution in [1.29, 1.82) is 0 Å². The Morgan fingerprint density at radius 3 is 1.19 bits per heavy atom. The van der Waals surface area contributed by atoms with Crippen molar-refractivity contribution < 1.29 is 0 Å². The lowest BCUT2D eigenvalue weighted by molar-refractivity contribution is 0.793. The quantitative estimate of drug-likeness (QED) is 0.231. The molecule has 0 bridgehead atoms. The molecule has 0 unspecified atom stereocenters. The van der Waals surface area contributed by atoms with E-state index in [1.54, 1.807) is 0 Å². The van der Waals surface area contributed by atoms with Crippen LogP contribution in [0.5, 0.6) is 0 Å². The van der Waals surface area contributed by atoms with E-state index < -0.39 is 0 Å². The number of hydrogen-bond donors (Lipinski definition) is 0. The zero-order valence-electron chi connectivity index (χ0n) is 20.5. The number of fused-ring (bicyclic) bond motifs is 10. The van der Waals surface area contributed by atoms with Gasteiger partial charge in [0.1, 0.15) is 0 Å². The van der Waals surface area contributed by atoms with Crippen LogP contribution < -0.4 is 0 Å². The Labute approximate surface area is 194 Å². The van der Waals surface area contributed by atoms with E-state index in [1.807, 2.05) is 27.7 Å². The van der Waals surface area contributed by atoms with Gasteiger partial charge in [0.15, 0.2) is 0 Å². The van der Waals surface area contributed by atoms with Crippen molar-refractivity contribution in [2.75, 3.05) is 0 Å². The monoisotopic (exact) mass is 418 g/mol. The van der Waals surface area contributed by atoms with Crippen molar-refractivity contribution in [3.05, 3.63) is 118 Å². The summed E-state index contributed by atoms with van der Waals surface area (Å²) in [4.78, 5) is 0. The molecule has 0 nitrogen and oxygen atoms in total. The van der Waals surface area contributed by atoms with Gasteiger partial charge in [-0.1, -0.05) is 123 Å². The molecular formula is C32H34. The predicted molar refractivity (Wildman–Crippen MR) is 140 cm³/mol. The fourth-order valence-corrected chi connectivity index (χ4v) is 5.54. The molecule has 0 aliphatic heterocycles. The van der Waals surface area contributed by atoms with Crippen LogP contribution in [0.1, 0.15) is 66.6 Å². The third-order valence-corrected chi connectivity index (χ3v) is 6.65. The first-order valence-electron chi connectivity index (χ1n) is 12.0. The average Bonchev–Trinajstić information content (AvgIpc) is 3.27. The molecule has 0 heterocycles. The first-order chi connectivity index (χ1) is 15.6. The summed E-state index contributed by atoms with van der Waals surface area (Å²) in [5, 5.41) is 0. The summed E-state index contributed by atoms with van der Waals surface area (Å²) in [6.45, 7) is 14.6. The van der Waals surface area contributed by atoms with Crippen LogP contribution in [0.25, 0.3) is 22.3 Å². The maximum atomic E-state index is 2.37. The van der Waals surface area contributed by atoms with Gasteiger partial charge in [0.25, 0.3) is 0 Å². The lowest BCUT2D eigenvalue weighted by atomic mass is 9.70. The third kappa shape index (κ3) is 2.89. The second-order valence-electron chi connectivity index (χ2n) is 8.44. The van der Waals surface area contributed by atoms with Crippen molar-refractivity contribution in [1.82, 2.24) is 0 Å². The predicted octanol–water partition coefficient (Wildman–Crippen LogP) is 9.01. The Balaban J connectivity index is 0.000000582. The number of benzene rings is 4. The highest BCUT2D eigenvalue weighted by Crippen LogP contribution is 2.62. The fraction of sp³-hybridized carbons (Fsp3) is 0.250. The summed E-state index contributed by atoms with van der Waals surface area (Å²) in [7, 11) is 0. The van der Waals surface area contributed by atoms with Gasteiger partial charge >= 0.3 is 0 Å². The van der Waals surface area contributed by atoms with Gasteiger partial charge in [-0.2, -0.15) is 0 Å². The number of hydrogen-bond acceptors (Lipinski definition) is 0. The van der Waals surface area contributed by atoms with Crippen LogP contribution in [0.15, 0.2) is 78.9 Å². The van der Waals surface area contributed by atoms with E-state index in [-0.39, 0.29) is 5.41 Å². The summed E-state index contributed by atoms with van der Waals surface area (Å²) in [6.07, 6.45) is 0. The molecule has 2 aliphatic carbocycles. The lowest BCUT2D eigenvalue weighted by Crippen LogP contribution is -2.25. The van der Waals surface area contributed by atoms with Gasteiger partial charge in [0, 0.05) is 0 Å². The fourth-order valence-electron chi connectivity index (χ4n) is 5.54. The molecule has 4 aromatic rings. The molecule has 0 heteroatoms. The second kappa shape index (κ2) is 8.43. The maximum Gasteiger partial charge on any atom is 0.0725 e. The molecule has 0 N–H and O–H groups in total. The molecule has 0 amide bonds. The summed E-state index contributed by atoms with van der Waals surface area (Å²) in [5.41, 5.74) is 15.0. The first kappa shape index (κ1) is 22.1. The Morgan fingerprint density at radius 2 is 0.750 bits per heavy atom. The summed E-state index contributed by atoms with van der Waals surface area (Å²) in [6, 6.07) is 30.0. The van der Waals surface area contributed by atoms with Gasteiger partial charge in [-0.05, 0) is 65.3 Å². The van der Waals surface area contributed by atoms with Crippen LogP contribution in [0.3, 0.4) is 0 Å². The molecule has 0 aromatic heterocycles. The van der Waals surface area contributed by atoms with Crippen molar-refractivity contribution >= 4 is 0 Å². The van der Waals surface area contributed by atoms with E-state index >= 15 is 0 Å². The van der Waals surface area contributed by atoms with E-state index in [0.29, 0.717) is 0 Å². The van der Waals surface area contributed by atoms with Gasteiger partial charge in [-0.25, -0.2) is 0 Å². The number of rotatable bonds is 0. The molecular weight excluding hydrogens is 384 g/mol. The molecule has 0 saturated carbocycles. The maximum absolute atomic E-state index is 2.37. The lowest BCUT2D eigenvalue weighted by Gasteiger charge is -2.30. The normalized spacial score (nSPS) is 13.1. The van der Waals surface area contributed by atoms with E-state index in [2.05, 4.69) is 99.6 Å². The molecule has 162 valence electrons. The van der Waals surface area contributed by atoms with Crippen LogP contribution in [0, 0.1) is 20.8 Å². The van der Waals surface area contributed by atoms with Gasteiger partial charge in [-0.15, -0.1) is 0 Å². The Morgan fingerprint density at radius 1 is 0.406 bits per heavy atom. The Hall–Kier alpha value is -3.12. The van der Waals surface area contributed by atoms with Crippen molar-refractivity contribution in [3.63, 3.8) is 0 Å². The molecule has 0 saturated heterocycles. The molecule has 2 aliphatic rings. The minimum atomic E-state index is -0.203. The molecule has 32 heavy (non-hydrogen) atoms. The third-order valence-electron chi connectivity index (χ3n) is 6.65. The van der Waals surface area contributed by atoms with Crippen LogP contribution in [0.2, 0.25) is 0 Å². The number of aryl methyl sites for hydroxylation is 3. The van der Waals surface area contributed by atoms with E-state index in [9.17, 15) is 0 Å². The SMILES string of the molecule is CC.CC.Cc1ccc2c(c1)-c1ccccc1C21c2ccc(C)cc2-c2cc(C)ccc21. The molecule has 0 radical (unpaired) electrons.